The molecule has 0 fully saturated rings. The summed E-state index contributed by atoms with van der Waals surface area (Å²) in [6.45, 7) is 4.28. The summed E-state index contributed by atoms with van der Waals surface area (Å²) in [6, 6.07) is 7.87. The molecule has 2 heterocycles. The second-order valence-electron chi connectivity index (χ2n) is 5.11. The van der Waals surface area contributed by atoms with Gasteiger partial charge in [0.05, 0.1) is 9.80 Å². The SMILES string of the molecule is CCc1sc(-c2nnc(COc3ccc([N+](=O)[O-])cc3)o2)cc1C. The van der Waals surface area contributed by atoms with Gasteiger partial charge in [-0.05, 0) is 37.1 Å². The van der Waals surface area contributed by atoms with E-state index in [4.69, 9.17) is 9.15 Å². The van der Waals surface area contributed by atoms with E-state index in [0.717, 1.165) is 11.3 Å². The summed E-state index contributed by atoms with van der Waals surface area (Å²) in [6.07, 6.45) is 0.973. The summed E-state index contributed by atoms with van der Waals surface area (Å²) in [5.41, 5.74) is 1.24. The molecule has 8 heteroatoms. The van der Waals surface area contributed by atoms with E-state index < -0.39 is 4.92 Å². The van der Waals surface area contributed by atoms with Crippen LogP contribution in [-0.2, 0) is 13.0 Å². The molecule has 0 aliphatic heterocycles. The zero-order chi connectivity index (χ0) is 17.1. The summed E-state index contributed by atoms with van der Waals surface area (Å²) in [4.78, 5) is 12.4. The molecule has 0 spiro atoms. The van der Waals surface area contributed by atoms with Gasteiger partial charge >= 0.3 is 0 Å². The largest absolute Gasteiger partial charge is 0.484 e. The van der Waals surface area contributed by atoms with E-state index >= 15 is 0 Å². The Kier molecular flexibility index (Phi) is 4.57. The van der Waals surface area contributed by atoms with Gasteiger partial charge in [-0.15, -0.1) is 21.5 Å². The van der Waals surface area contributed by atoms with Gasteiger partial charge in [0, 0.05) is 17.0 Å². The van der Waals surface area contributed by atoms with Crippen LogP contribution in [-0.4, -0.2) is 15.1 Å². The topological polar surface area (TPSA) is 91.3 Å². The fraction of sp³-hybridized carbons (Fsp3) is 0.250. The van der Waals surface area contributed by atoms with E-state index in [2.05, 4.69) is 24.0 Å². The maximum absolute atomic E-state index is 10.6. The van der Waals surface area contributed by atoms with Crippen LogP contribution in [0.4, 0.5) is 5.69 Å². The minimum absolute atomic E-state index is 0.0159. The molecule has 0 radical (unpaired) electrons. The number of nitro groups is 1. The summed E-state index contributed by atoms with van der Waals surface area (Å²) < 4.78 is 11.1. The molecule has 124 valence electrons. The van der Waals surface area contributed by atoms with Crippen molar-refractivity contribution in [3.8, 4) is 16.5 Å². The van der Waals surface area contributed by atoms with E-state index in [1.807, 2.05) is 6.07 Å². The Morgan fingerprint density at radius 3 is 2.67 bits per heavy atom. The first-order chi connectivity index (χ1) is 11.6. The van der Waals surface area contributed by atoms with Gasteiger partial charge in [0.15, 0.2) is 6.61 Å². The molecule has 2 aromatic heterocycles. The molecule has 0 unspecified atom stereocenters. The molecule has 0 N–H and O–H groups in total. The van der Waals surface area contributed by atoms with Crippen LogP contribution in [0.1, 0.15) is 23.3 Å². The van der Waals surface area contributed by atoms with Crippen molar-refractivity contribution in [2.24, 2.45) is 0 Å². The minimum atomic E-state index is -0.457. The van der Waals surface area contributed by atoms with Crippen LogP contribution in [0, 0.1) is 17.0 Å². The van der Waals surface area contributed by atoms with E-state index in [0.29, 0.717) is 17.5 Å². The van der Waals surface area contributed by atoms with Crippen LogP contribution < -0.4 is 4.74 Å². The van der Waals surface area contributed by atoms with Crippen LogP contribution in [0.25, 0.3) is 10.8 Å². The van der Waals surface area contributed by atoms with E-state index in [-0.39, 0.29) is 12.3 Å². The number of benzene rings is 1. The molecule has 0 amide bonds. The second-order valence-corrected chi connectivity index (χ2v) is 6.25. The molecule has 0 aliphatic rings. The highest BCUT2D eigenvalue weighted by atomic mass is 32.1. The Hall–Kier alpha value is -2.74. The number of nitro benzene ring substituents is 1. The van der Waals surface area contributed by atoms with E-state index in [1.54, 1.807) is 11.3 Å². The van der Waals surface area contributed by atoms with Gasteiger partial charge in [0.2, 0.25) is 0 Å². The highest BCUT2D eigenvalue weighted by Crippen LogP contribution is 2.30. The van der Waals surface area contributed by atoms with Gasteiger partial charge < -0.3 is 9.15 Å². The number of hydrogen-bond acceptors (Lipinski definition) is 7. The Labute approximate surface area is 142 Å². The molecule has 24 heavy (non-hydrogen) atoms. The van der Waals surface area contributed by atoms with Crippen molar-refractivity contribution in [3.05, 3.63) is 56.8 Å². The summed E-state index contributed by atoms with van der Waals surface area (Å²) in [7, 11) is 0. The summed E-state index contributed by atoms with van der Waals surface area (Å²) in [5.74, 6) is 1.33. The molecule has 0 aliphatic carbocycles. The minimum Gasteiger partial charge on any atom is -0.484 e. The van der Waals surface area contributed by atoms with Crippen molar-refractivity contribution in [3.63, 3.8) is 0 Å². The van der Waals surface area contributed by atoms with Crippen LogP contribution in [0.2, 0.25) is 0 Å². The van der Waals surface area contributed by atoms with Crippen molar-refractivity contribution < 1.29 is 14.1 Å². The molecule has 7 nitrogen and oxygen atoms in total. The van der Waals surface area contributed by atoms with Crippen LogP contribution >= 0.6 is 11.3 Å². The average Bonchev–Trinajstić information content (AvgIpc) is 3.19. The lowest BCUT2D eigenvalue weighted by molar-refractivity contribution is -0.384. The quantitative estimate of drug-likeness (QED) is 0.492. The first kappa shape index (κ1) is 16.1. The third-order valence-electron chi connectivity index (χ3n) is 3.43. The van der Waals surface area contributed by atoms with Crippen molar-refractivity contribution in [2.75, 3.05) is 0 Å². The predicted molar refractivity (Wildman–Crippen MR) is 89.2 cm³/mol. The molecule has 3 aromatic rings. The number of aromatic nitrogens is 2. The Balaban J connectivity index is 1.66. The average molecular weight is 345 g/mol. The van der Waals surface area contributed by atoms with Crippen LogP contribution in [0.3, 0.4) is 0 Å². The zero-order valence-corrected chi connectivity index (χ0v) is 14.0. The third kappa shape index (κ3) is 3.43. The predicted octanol–water partition coefficient (Wildman–Crippen LogP) is 4.16. The fourth-order valence-electron chi connectivity index (χ4n) is 2.20. The Morgan fingerprint density at radius 1 is 1.29 bits per heavy atom. The highest BCUT2D eigenvalue weighted by Gasteiger charge is 2.13. The molecule has 0 atom stereocenters. The Morgan fingerprint density at radius 2 is 2.04 bits per heavy atom. The number of rotatable bonds is 6. The maximum atomic E-state index is 10.6. The smallest absolute Gasteiger partial charge is 0.269 e. The second kappa shape index (κ2) is 6.79. The lowest BCUT2D eigenvalue weighted by atomic mass is 10.2. The summed E-state index contributed by atoms with van der Waals surface area (Å²) >= 11 is 1.64. The van der Waals surface area contributed by atoms with Gasteiger partial charge in [-0.25, -0.2) is 0 Å². The molecular weight excluding hydrogens is 330 g/mol. The van der Waals surface area contributed by atoms with Gasteiger partial charge in [-0.2, -0.15) is 0 Å². The van der Waals surface area contributed by atoms with Crippen molar-refractivity contribution in [1.29, 1.82) is 0 Å². The number of ether oxygens (including phenoxy) is 1. The molecule has 0 saturated carbocycles. The number of aryl methyl sites for hydroxylation is 2. The third-order valence-corrected chi connectivity index (χ3v) is 4.80. The monoisotopic (exact) mass is 345 g/mol. The highest BCUT2D eigenvalue weighted by molar-refractivity contribution is 7.15. The van der Waals surface area contributed by atoms with Crippen LogP contribution in [0.5, 0.6) is 5.75 Å². The molecule has 0 saturated heterocycles. The maximum Gasteiger partial charge on any atom is 0.269 e. The molecule has 0 bridgehead atoms. The van der Waals surface area contributed by atoms with Gasteiger partial charge in [-0.3, -0.25) is 10.1 Å². The van der Waals surface area contributed by atoms with E-state index in [9.17, 15) is 10.1 Å². The lowest BCUT2D eigenvalue weighted by Crippen LogP contribution is -1.96. The number of nitrogens with zero attached hydrogens (tertiary/aromatic N) is 3. The number of non-ortho nitro benzene ring substituents is 1. The van der Waals surface area contributed by atoms with Crippen molar-refractivity contribution in [1.82, 2.24) is 10.2 Å². The number of hydrogen-bond donors (Lipinski definition) is 0. The number of thiophene rings is 1. The first-order valence-electron chi connectivity index (χ1n) is 7.36. The molecule has 3 rings (SSSR count). The van der Waals surface area contributed by atoms with E-state index in [1.165, 1.54) is 34.7 Å². The van der Waals surface area contributed by atoms with Crippen LogP contribution in [0.15, 0.2) is 34.7 Å². The zero-order valence-electron chi connectivity index (χ0n) is 13.2. The molecule has 1 aromatic carbocycles. The van der Waals surface area contributed by atoms with Crippen molar-refractivity contribution in [2.45, 2.75) is 26.9 Å². The lowest BCUT2D eigenvalue weighted by Gasteiger charge is -2.02. The fourth-order valence-corrected chi connectivity index (χ4v) is 3.23. The van der Waals surface area contributed by atoms with Gasteiger partial charge in [0.25, 0.3) is 17.5 Å². The van der Waals surface area contributed by atoms with Gasteiger partial charge in [0.1, 0.15) is 5.75 Å². The standard InChI is InChI=1S/C16H15N3O4S/c1-3-13-10(2)8-14(24-13)16-18-17-15(23-16)9-22-12-6-4-11(5-7-12)19(20)21/h4-8H,3,9H2,1-2H3. The summed E-state index contributed by atoms with van der Waals surface area (Å²) in [5, 5.41) is 18.6. The first-order valence-corrected chi connectivity index (χ1v) is 8.17. The Bertz CT molecular complexity index is 855. The molecular formula is C16H15N3O4S. The van der Waals surface area contributed by atoms with Gasteiger partial charge in [-0.1, -0.05) is 6.92 Å². The normalized spacial score (nSPS) is 10.8. The van der Waals surface area contributed by atoms with Crippen molar-refractivity contribution >= 4 is 17.0 Å².